The van der Waals surface area contributed by atoms with Crippen LogP contribution in [0, 0.1) is 5.82 Å². The Hall–Kier alpha value is -2.40. The molecule has 0 aromatic heterocycles. The molecule has 0 heterocycles. The molecular formula is C19H25FN2O2. The molecule has 4 nitrogen and oxygen atoms in total. The standard InChI is InChI=1S/C12H18N2O.C7H7FO/c1-2-13-8-9-14(11-15)10-12-6-4-3-5-7-12;1-9-7-4-2-6(8)3-5-7/h3-7,11,13H,2,8-10H2,1H3;2-5H,1H3. The fourth-order valence-electron chi connectivity index (χ4n) is 1.96. The molecule has 0 atom stereocenters. The number of carbonyl (C=O) groups is 1. The summed E-state index contributed by atoms with van der Waals surface area (Å²) in [6.45, 7) is 5.30. The van der Waals surface area contributed by atoms with E-state index in [2.05, 4.69) is 12.2 Å². The second-order valence-electron chi connectivity index (χ2n) is 5.07. The minimum atomic E-state index is -0.240. The van der Waals surface area contributed by atoms with Gasteiger partial charge in [0.2, 0.25) is 6.41 Å². The average Bonchev–Trinajstić information content (AvgIpc) is 2.63. The number of halogens is 1. The molecule has 1 N–H and O–H groups in total. The van der Waals surface area contributed by atoms with E-state index in [4.69, 9.17) is 4.74 Å². The Bertz CT molecular complexity index is 561. The van der Waals surface area contributed by atoms with Gasteiger partial charge in [-0.2, -0.15) is 0 Å². The second kappa shape index (κ2) is 12.1. The van der Waals surface area contributed by atoms with Crippen molar-refractivity contribution in [2.24, 2.45) is 0 Å². The largest absolute Gasteiger partial charge is 0.497 e. The zero-order valence-electron chi connectivity index (χ0n) is 14.2. The van der Waals surface area contributed by atoms with Gasteiger partial charge in [0.05, 0.1) is 7.11 Å². The summed E-state index contributed by atoms with van der Waals surface area (Å²) in [6.07, 6.45) is 0.907. The van der Waals surface area contributed by atoms with E-state index in [0.29, 0.717) is 12.3 Å². The lowest BCUT2D eigenvalue weighted by Crippen LogP contribution is -2.30. The lowest BCUT2D eigenvalue weighted by Gasteiger charge is -2.17. The van der Waals surface area contributed by atoms with Crippen LogP contribution in [0.1, 0.15) is 12.5 Å². The first-order valence-electron chi connectivity index (χ1n) is 7.93. The highest BCUT2D eigenvalue weighted by atomic mass is 19.1. The van der Waals surface area contributed by atoms with Gasteiger partial charge in [0.25, 0.3) is 0 Å². The zero-order valence-corrected chi connectivity index (χ0v) is 14.2. The quantitative estimate of drug-likeness (QED) is 0.597. The van der Waals surface area contributed by atoms with Crippen LogP contribution in [0.3, 0.4) is 0 Å². The number of rotatable bonds is 8. The van der Waals surface area contributed by atoms with Crippen molar-refractivity contribution in [2.45, 2.75) is 13.5 Å². The van der Waals surface area contributed by atoms with Crippen molar-refractivity contribution in [1.29, 1.82) is 0 Å². The van der Waals surface area contributed by atoms with Crippen LogP contribution in [-0.4, -0.2) is 38.1 Å². The van der Waals surface area contributed by atoms with Gasteiger partial charge in [-0.15, -0.1) is 0 Å². The van der Waals surface area contributed by atoms with E-state index in [0.717, 1.165) is 26.0 Å². The van der Waals surface area contributed by atoms with Crippen LogP contribution >= 0.6 is 0 Å². The molecule has 24 heavy (non-hydrogen) atoms. The molecule has 2 rings (SSSR count). The first-order chi connectivity index (χ1) is 11.7. The molecule has 0 spiro atoms. The molecule has 2 aromatic carbocycles. The molecule has 0 aliphatic rings. The average molecular weight is 332 g/mol. The summed E-state index contributed by atoms with van der Waals surface area (Å²) in [5.41, 5.74) is 1.17. The maximum atomic E-state index is 12.2. The summed E-state index contributed by atoms with van der Waals surface area (Å²) in [7, 11) is 1.55. The molecule has 0 bridgehead atoms. The second-order valence-corrected chi connectivity index (χ2v) is 5.07. The summed E-state index contributed by atoms with van der Waals surface area (Å²) >= 11 is 0. The smallest absolute Gasteiger partial charge is 0.210 e. The van der Waals surface area contributed by atoms with Crippen molar-refractivity contribution in [3.63, 3.8) is 0 Å². The van der Waals surface area contributed by atoms with Crippen LogP contribution in [0.25, 0.3) is 0 Å². The third kappa shape index (κ3) is 8.29. The van der Waals surface area contributed by atoms with Crippen LogP contribution in [0.2, 0.25) is 0 Å². The first-order valence-corrected chi connectivity index (χ1v) is 7.93. The predicted octanol–water partition coefficient (Wildman–Crippen LogP) is 3.09. The van der Waals surface area contributed by atoms with Crippen LogP contribution in [0.5, 0.6) is 5.75 Å². The van der Waals surface area contributed by atoms with Crippen molar-refractivity contribution in [1.82, 2.24) is 10.2 Å². The van der Waals surface area contributed by atoms with Crippen LogP contribution in [-0.2, 0) is 11.3 Å². The fraction of sp³-hybridized carbons (Fsp3) is 0.316. The molecule has 1 amide bonds. The summed E-state index contributed by atoms with van der Waals surface area (Å²) in [4.78, 5) is 12.6. The van der Waals surface area contributed by atoms with E-state index in [1.165, 1.54) is 17.7 Å². The van der Waals surface area contributed by atoms with Crippen molar-refractivity contribution in [2.75, 3.05) is 26.7 Å². The SMILES string of the molecule is CCNCCN(C=O)Cc1ccccc1.COc1ccc(F)cc1. The summed E-state index contributed by atoms with van der Waals surface area (Å²) in [5.74, 6) is 0.437. The number of ether oxygens (including phenoxy) is 1. The Morgan fingerprint density at radius 3 is 2.33 bits per heavy atom. The predicted molar refractivity (Wildman–Crippen MR) is 94.4 cm³/mol. The van der Waals surface area contributed by atoms with E-state index in [-0.39, 0.29) is 5.82 Å². The summed E-state index contributed by atoms with van der Waals surface area (Å²) in [6, 6.07) is 15.9. The Labute approximate surface area is 143 Å². The molecule has 0 aliphatic heterocycles. The van der Waals surface area contributed by atoms with E-state index in [1.807, 2.05) is 30.3 Å². The minimum absolute atomic E-state index is 0.240. The number of hydrogen-bond acceptors (Lipinski definition) is 3. The number of benzene rings is 2. The van der Waals surface area contributed by atoms with Crippen LogP contribution in [0.15, 0.2) is 54.6 Å². The van der Waals surface area contributed by atoms with E-state index in [1.54, 1.807) is 24.1 Å². The monoisotopic (exact) mass is 332 g/mol. The van der Waals surface area contributed by atoms with Crippen molar-refractivity contribution in [3.8, 4) is 5.75 Å². The third-order valence-electron chi connectivity index (χ3n) is 3.25. The number of amides is 1. The molecule has 0 aliphatic carbocycles. The molecule has 5 heteroatoms. The highest BCUT2D eigenvalue weighted by Crippen LogP contribution is 2.09. The summed E-state index contributed by atoms with van der Waals surface area (Å²) in [5, 5.41) is 3.20. The topological polar surface area (TPSA) is 41.6 Å². The number of nitrogens with one attached hydrogen (secondary N) is 1. The van der Waals surface area contributed by atoms with Crippen LogP contribution < -0.4 is 10.1 Å². The van der Waals surface area contributed by atoms with Gasteiger partial charge < -0.3 is 15.0 Å². The normalized spacial score (nSPS) is 9.62. The third-order valence-corrected chi connectivity index (χ3v) is 3.25. The number of carbonyl (C=O) groups excluding carboxylic acids is 1. The number of methoxy groups -OCH3 is 1. The lowest BCUT2D eigenvalue weighted by atomic mass is 10.2. The highest BCUT2D eigenvalue weighted by Gasteiger charge is 2.01. The molecule has 2 aromatic rings. The molecule has 0 unspecified atom stereocenters. The molecule has 130 valence electrons. The first kappa shape index (κ1) is 19.6. The number of hydrogen-bond donors (Lipinski definition) is 1. The number of nitrogens with zero attached hydrogens (tertiary/aromatic N) is 1. The van der Waals surface area contributed by atoms with E-state index in [9.17, 15) is 9.18 Å². The van der Waals surface area contributed by atoms with Gasteiger partial charge in [-0.1, -0.05) is 37.3 Å². The minimum Gasteiger partial charge on any atom is -0.497 e. The van der Waals surface area contributed by atoms with E-state index < -0.39 is 0 Å². The van der Waals surface area contributed by atoms with Gasteiger partial charge >= 0.3 is 0 Å². The number of likely N-dealkylation sites (N-methyl/N-ethyl adjacent to an activating group) is 1. The van der Waals surface area contributed by atoms with Crippen molar-refractivity contribution >= 4 is 6.41 Å². The van der Waals surface area contributed by atoms with Crippen LogP contribution in [0.4, 0.5) is 4.39 Å². The van der Waals surface area contributed by atoms with E-state index >= 15 is 0 Å². The van der Waals surface area contributed by atoms with Crippen molar-refractivity contribution in [3.05, 3.63) is 66.0 Å². The Balaban J connectivity index is 0.000000272. The molecule has 0 saturated heterocycles. The van der Waals surface area contributed by atoms with Gasteiger partial charge in [0.15, 0.2) is 0 Å². The molecular weight excluding hydrogens is 307 g/mol. The Morgan fingerprint density at radius 2 is 1.79 bits per heavy atom. The van der Waals surface area contributed by atoms with Gasteiger partial charge in [-0.25, -0.2) is 4.39 Å². The highest BCUT2D eigenvalue weighted by molar-refractivity contribution is 5.47. The molecule has 0 fully saturated rings. The Morgan fingerprint density at radius 1 is 1.12 bits per heavy atom. The van der Waals surface area contributed by atoms with Gasteiger partial charge in [0.1, 0.15) is 11.6 Å². The molecule has 0 radical (unpaired) electrons. The lowest BCUT2D eigenvalue weighted by molar-refractivity contribution is -0.118. The zero-order chi connectivity index (χ0) is 17.6. The maximum absolute atomic E-state index is 12.2. The van der Waals surface area contributed by atoms with Gasteiger partial charge in [-0.3, -0.25) is 4.79 Å². The summed E-state index contributed by atoms with van der Waals surface area (Å²) < 4.78 is 17.0. The van der Waals surface area contributed by atoms with Gasteiger partial charge in [-0.05, 0) is 36.4 Å². The Kier molecular flexibility index (Phi) is 9.88. The maximum Gasteiger partial charge on any atom is 0.210 e. The fourth-order valence-corrected chi connectivity index (χ4v) is 1.96. The molecule has 0 saturated carbocycles. The van der Waals surface area contributed by atoms with Gasteiger partial charge in [0, 0.05) is 19.6 Å². The van der Waals surface area contributed by atoms with Crippen molar-refractivity contribution < 1.29 is 13.9 Å².